The Morgan fingerprint density at radius 2 is 1.36 bits per heavy atom. The van der Waals surface area contributed by atoms with Gasteiger partial charge in [-0.2, -0.15) is 4.98 Å². The predicted octanol–water partition coefficient (Wildman–Crippen LogP) is 2.89. The minimum absolute atomic E-state index is 0.0215. The number of aromatic amines is 1. The molecule has 3 aromatic heterocycles. The van der Waals surface area contributed by atoms with Crippen LogP contribution in [0.1, 0.15) is 74.2 Å². The normalized spacial score (nSPS) is 20.9. The van der Waals surface area contributed by atoms with Gasteiger partial charge in [0.1, 0.15) is 49.4 Å². The van der Waals surface area contributed by atoms with Crippen LogP contribution in [0.2, 0.25) is 0 Å². The van der Waals surface area contributed by atoms with E-state index in [2.05, 4.69) is 51.5 Å². The van der Waals surface area contributed by atoms with Crippen molar-refractivity contribution in [2.75, 3.05) is 144 Å². The number of ether oxygens (including phenoxy) is 11. The van der Waals surface area contributed by atoms with Crippen molar-refractivity contribution in [2.24, 2.45) is 11.8 Å². The largest absolute Gasteiger partial charge is 0.474 e. The molecular formula is C66H94N12O25P2. The van der Waals surface area contributed by atoms with Gasteiger partial charge in [-0.25, -0.2) is 19.7 Å². The molecule has 1 aliphatic carbocycles. The van der Waals surface area contributed by atoms with Crippen LogP contribution in [0.3, 0.4) is 0 Å². The van der Waals surface area contributed by atoms with Gasteiger partial charge in [0.05, 0.1) is 125 Å². The summed E-state index contributed by atoms with van der Waals surface area (Å²) >= 11 is 0. The molecule has 105 heavy (non-hydrogen) atoms. The molecule has 2 saturated heterocycles. The van der Waals surface area contributed by atoms with Gasteiger partial charge in [-0.15, -0.1) is 0 Å². The molecule has 3 fully saturated rings. The Balaban J connectivity index is 0.699. The second-order valence-electron chi connectivity index (χ2n) is 24.5. The van der Waals surface area contributed by atoms with Crippen LogP contribution in [-0.2, 0) is 107 Å². The van der Waals surface area contributed by atoms with Crippen molar-refractivity contribution in [3.8, 4) is 5.88 Å². The van der Waals surface area contributed by atoms with E-state index in [0.717, 1.165) is 0 Å². The SMILES string of the molecule is COCCOCCOCCOCCOCCOCCOCCOCCC(=O)NCCC(=O)N[C@H](C(=O)N[C@@H](C)C(=O)Nc1ccc(COC(=O)N(C)Cc2ccccc2C(=O)Nc2nc3c(ncn3[C@@H]3O[C@@H]4CO[PH](=O)O[C@H]5C[C@H](Oc6ccncn6)C[C@@H]5CO[PH](=O)O[C@@H]3[C@@H]4O)c(=O)[nH]2)cc1)C(C)C. The molecule has 2 bridgehead atoms. The number of aromatic nitrogens is 6. The number of carbonyl (C=O) groups is 6. The van der Waals surface area contributed by atoms with Gasteiger partial charge in [0.25, 0.3) is 11.5 Å². The zero-order chi connectivity index (χ0) is 74.9. The monoisotopic (exact) mass is 1520 g/mol. The second kappa shape index (κ2) is 44.3. The second-order valence-corrected chi connectivity index (χ2v) is 26.6. The van der Waals surface area contributed by atoms with Gasteiger partial charge < -0.3 is 97.0 Å². The Bertz CT molecular complexity index is 3660. The van der Waals surface area contributed by atoms with Crippen molar-refractivity contribution in [1.82, 2.24) is 50.3 Å². The summed E-state index contributed by atoms with van der Waals surface area (Å²) in [6.07, 6.45) is -2.74. The number of H-pyrrole nitrogens is 1. The minimum atomic E-state index is -3.39. The lowest BCUT2D eigenvalue weighted by atomic mass is 10.0. The molecule has 37 nitrogen and oxygen atoms in total. The predicted molar refractivity (Wildman–Crippen MR) is 372 cm³/mol. The average Bonchev–Trinajstić information content (AvgIpc) is 1.63. The van der Waals surface area contributed by atoms with Crippen LogP contribution < -0.4 is 36.9 Å². The van der Waals surface area contributed by atoms with Crippen LogP contribution in [0.5, 0.6) is 5.88 Å². The highest BCUT2D eigenvalue weighted by Gasteiger charge is 2.49. The standard InChI is InChI=1S/C66H94N12O25P2/c1-42(2)55(73-53(80)14-18-68-52(79)16-19-90-22-23-92-26-27-94-30-31-96-33-32-95-29-28-93-25-24-91-21-20-89-5)62(84)71-43(3)60(82)72-47-12-10-44(11-13-47)37-97-66(86)77(4)36-45-8-6-7-9-49(45)61(83)75-65-74-59-56(63(85)76-65)70-41-78(59)64-58-57(81)51(101-64)39-99-104(87)102-50-35-48(100-54-15-17-67-40-69-54)34-46(50)38-98-105(88)103-58/h6-13,15,17,40-43,46,48,50-51,55,57-58,64,81,104-105H,14,16,18-39H2,1-5H3,(H,68,79)(H,71,84)(H,72,82)(H,73,80)(H2,74,75,76,83,85)/t43-,46+,48+,50-,51+,55-,57+,58+,64+/m0/s1. The fourth-order valence-corrected chi connectivity index (χ4v) is 12.6. The van der Waals surface area contributed by atoms with Crippen molar-refractivity contribution in [3.05, 3.63) is 100 Å². The molecule has 2 aromatic carbocycles. The number of benzene rings is 2. The number of fused-ring (bicyclic) bond motifs is 4. The fourth-order valence-electron chi connectivity index (χ4n) is 10.8. The Hall–Kier alpha value is -7.81. The average molecular weight is 1520 g/mol. The van der Waals surface area contributed by atoms with Gasteiger partial charge in [-0.05, 0) is 48.6 Å². The van der Waals surface area contributed by atoms with E-state index in [1.165, 1.54) is 48.4 Å². The summed E-state index contributed by atoms with van der Waals surface area (Å²) in [6.45, 7) is 10.3. The summed E-state index contributed by atoms with van der Waals surface area (Å²) in [5.41, 5.74) is 0.302. The van der Waals surface area contributed by atoms with Crippen molar-refractivity contribution in [1.29, 1.82) is 0 Å². The molecule has 0 spiro atoms. The van der Waals surface area contributed by atoms with E-state index in [4.69, 9.17) is 70.2 Å². The van der Waals surface area contributed by atoms with E-state index < -0.39 is 113 Å². The van der Waals surface area contributed by atoms with E-state index in [1.54, 1.807) is 69.5 Å². The Kier molecular flexibility index (Phi) is 35.0. The first-order valence-electron chi connectivity index (χ1n) is 34.3. The fraction of sp³-hybridized carbons (Fsp3) is 0.591. The first kappa shape index (κ1) is 82.8. The molecule has 0 radical (unpaired) electrons. The number of nitrogens with one attached hydrogen (secondary N) is 6. The highest BCUT2D eigenvalue weighted by Crippen LogP contribution is 2.45. The molecule has 1 saturated carbocycles. The Labute approximate surface area is 606 Å². The van der Waals surface area contributed by atoms with Gasteiger partial charge in [-0.3, -0.25) is 57.3 Å². The van der Waals surface area contributed by atoms with E-state index in [9.17, 15) is 47.8 Å². The Morgan fingerprint density at radius 1 is 0.724 bits per heavy atom. The molecule has 7 N–H and O–H groups in total. The van der Waals surface area contributed by atoms with Gasteiger partial charge in [0.2, 0.25) is 35.5 Å². The first-order chi connectivity index (χ1) is 50.8. The van der Waals surface area contributed by atoms with Crippen LogP contribution in [-0.4, -0.2) is 251 Å². The zero-order valence-electron chi connectivity index (χ0n) is 59.1. The van der Waals surface area contributed by atoms with Crippen LogP contribution in [0.25, 0.3) is 11.2 Å². The third kappa shape index (κ3) is 27.5. The third-order valence-corrected chi connectivity index (χ3v) is 18.1. The number of hydrogen-bond donors (Lipinski definition) is 7. The lowest BCUT2D eigenvalue weighted by Crippen LogP contribution is -2.54. The maximum Gasteiger partial charge on any atom is 0.410 e. The molecule has 578 valence electrons. The summed E-state index contributed by atoms with van der Waals surface area (Å²) in [5.74, 6) is -3.47. The molecule has 2 unspecified atom stereocenters. The lowest BCUT2D eigenvalue weighted by Gasteiger charge is -2.24. The van der Waals surface area contributed by atoms with Crippen molar-refractivity contribution < 1.29 is 113 Å². The number of amides is 6. The summed E-state index contributed by atoms with van der Waals surface area (Å²) in [7, 11) is -3.51. The number of methoxy groups -OCH3 is 1. The summed E-state index contributed by atoms with van der Waals surface area (Å²) in [6, 6.07) is 12.4. The minimum Gasteiger partial charge on any atom is -0.474 e. The van der Waals surface area contributed by atoms with Gasteiger partial charge in [0, 0.05) is 75.9 Å². The number of hydrogen-bond acceptors (Lipinski definition) is 29. The quantitative estimate of drug-likeness (QED) is 0.0218. The lowest BCUT2D eigenvalue weighted by molar-refractivity contribution is -0.131. The van der Waals surface area contributed by atoms with Gasteiger partial charge >= 0.3 is 22.6 Å². The first-order valence-corrected chi connectivity index (χ1v) is 36.7. The number of imidazole rings is 1. The highest BCUT2D eigenvalue weighted by atomic mass is 31.1. The number of nitrogens with zero attached hydrogens (tertiary/aromatic N) is 6. The summed E-state index contributed by atoms with van der Waals surface area (Å²) < 4.78 is 112. The maximum absolute atomic E-state index is 14.0. The molecule has 2 aliphatic heterocycles. The molecule has 5 aromatic rings. The van der Waals surface area contributed by atoms with Gasteiger partial charge in [0.15, 0.2) is 17.4 Å². The van der Waals surface area contributed by atoms with Gasteiger partial charge in [-0.1, -0.05) is 44.2 Å². The van der Waals surface area contributed by atoms with Crippen LogP contribution in [0.15, 0.2) is 78.2 Å². The van der Waals surface area contributed by atoms with E-state index in [1.807, 2.05) is 0 Å². The highest BCUT2D eigenvalue weighted by molar-refractivity contribution is 7.33. The number of rotatable bonds is 42. The van der Waals surface area contributed by atoms with Crippen LogP contribution in [0.4, 0.5) is 16.4 Å². The molecular weight excluding hydrogens is 1420 g/mol. The molecule has 11 atom stereocenters. The van der Waals surface area contributed by atoms with E-state index in [-0.39, 0.29) is 86.9 Å². The molecule has 5 heterocycles. The molecule has 6 amide bonds. The maximum atomic E-state index is 14.0. The smallest absolute Gasteiger partial charge is 0.410 e. The number of anilines is 2. The number of aliphatic hydroxyl groups excluding tert-OH is 1. The Morgan fingerprint density at radius 3 is 2.01 bits per heavy atom. The molecule has 8 rings (SSSR count). The van der Waals surface area contributed by atoms with E-state index in [0.29, 0.717) is 121 Å². The van der Waals surface area contributed by atoms with Crippen LogP contribution in [0, 0.1) is 11.8 Å². The number of carbonyl (C=O) groups excluding carboxylic acids is 6. The molecule has 3 aliphatic rings. The van der Waals surface area contributed by atoms with Crippen molar-refractivity contribution >= 4 is 74.9 Å². The van der Waals surface area contributed by atoms with Crippen LogP contribution >= 0.6 is 16.5 Å². The third-order valence-electron chi connectivity index (χ3n) is 16.3. The van der Waals surface area contributed by atoms with E-state index >= 15 is 0 Å². The number of aliphatic hydroxyl groups is 1. The van der Waals surface area contributed by atoms with Crippen molar-refractivity contribution in [2.45, 2.75) is 108 Å². The summed E-state index contributed by atoms with van der Waals surface area (Å²) in [4.78, 5) is 113. The summed E-state index contributed by atoms with van der Waals surface area (Å²) in [5, 5.41) is 24.8. The van der Waals surface area contributed by atoms with Crippen molar-refractivity contribution in [3.63, 3.8) is 0 Å². The molecule has 39 heteroatoms. The zero-order valence-corrected chi connectivity index (χ0v) is 61.1. The topological polar surface area (TPSA) is 448 Å².